The molecule has 0 atom stereocenters. The molecule has 6 nitrogen and oxygen atoms in total. The van der Waals surface area contributed by atoms with Crippen molar-refractivity contribution < 1.29 is 13.2 Å². The maximum absolute atomic E-state index is 12.5. The minimum absolute atomic E-state index is 0.00266. The Bertz CT molecular complexity index is 652. The fourth-order valence-corrected chi connectivity index (χ4v) is 3.73. The third kappa shape index (κ3) is 3.74. The van der Waals surface area contributed by atoms with Gasteiger partial charge in [-0.3, -0.25) is 4.79 Å². The van der Waals surface area contributed by atoms with E-state index in [-0.39, 0.29) is 17.3 Å². The summed E-state index contributed by atoms with van der Waals surface area (Å²) in [6.07, 6.45) is 0. The molecule has 0 bridgehead atoms. The van der Waals surface area contributed by atoms with Crippen molar-refractivity contribution in [1.29, 1.82) is 0 Å². The van der Waals surface area contributed by atoms with Crippen LogP contribution in [0.4, 0.5) is 5.69 Å². The zero-order valence-electron chi connectivity index (χ0n) is 13.1. The van der Waals surface area contributed by atoms with E-state index in [4.69, 9.17) is 5.73 Å². The Hall–Kier alpha value is -1.60. The zero-order valence-corrected chi connectivity index (χ0v) is 13.9. The first-order valence-electron chi connectivity index (χ1n) is 6.60. The third-order valence-corrected chi connectivity index (χ3v) is 5.15. The molecule has 7 heteroatoms. The number of carbonyl (C=O) groups excluding carboxylic acids is 1. The standard InChI is InChI=1S/C14H23N3O3S/c1-9-6-7-11(15)10(2)12(9)21(19,20)17-8-14(3,4)13(18)16-5/h6-7,17H,8,15H2,1-5H3,(H,16,18). The summed E-state index contributed by atoms with van der Waals surface area (Å²) in [5.41, 5.74) is 6.49. The number of carbonyl (C=O) groups is 1. The Kier molecular flexibility index (Phi) is 5.01. The molecule has 0 fully saturated rings. The average Bonchev–Trinajstić information content (AvgIpc) is 2.40. The van der Waals surface area contributed by atoms with Crippen molar-refractivity contribution in [3.63, 3.8) is 0 Å². The summed E-state index contributed by atoms with van der Waals surface area (Å²) in [4.78, 5) is 11.9. The largest absolute Gasteiger partial charge is 0.398 e. The molecule has 0 aliphatic heterocycles. The molecular weight excluding hydrogens is 290 g/mol. The summed E-state index contributed by atoms with van der Waals surface area (Å²) >= 11 is 0. The van der Waals surface area contributed by atoms with Crippen LogP contribution in [0, 0.1) is 19.3 Å². The number of amides is 1. The van der Waals surface area contributed by atoms with Gasteiger partial charge < -0.3 is 11.1 Å². The quantitative estimate of drug-likeness (QED) is 0.704. The van der Waals surface area contributed by atoms with E-state index < -0.39 is 15.4 Å². The molecule has 0 radical (unpaired) electrons. The van der Waals surface area contributed by atoms with Crippen molar-refractivity contribution in [2.75, 3.05) is 19.3 Å². The van der Waals surface area contributed by atoms with Gasteiger partial charge >= 0.3 is 0 Å². The van der Waals surface area contributed by atoms with E-state index in [2.05, 4.69) is 10.0 Å². The van der Waals surface area contributed by atoms with Gasteiger partial charge in [0.1, 0.15) is 0 Å². The van der Waals surface area contributed by atoms with E-state index in [0.717, 1.165) is 0 Å². The van der Waals surface area contributed by atoms with E-state index in [1.807, 2.05) is 0 Å². The van der Waals surface area contributed by atoms with E-state index in [9.17, 15) is 13.2 Å². The van der Waals surface area contributed by atoms with Crippen LogP contribution in [-0.4, -0.2) is 27.9 Å². The highest BCUT2D eigenvalue weighted by Crippen LogP contribution is 2.25. The van der Waals surface area contributed by atoms with Crippen molar-refractivity contribution >= 4 is 21.6 Å². The lowest BCUT2D eigenvalue weighted by Gasteiger charge is -2.23. The Morgan fingerprint density at radius 3 is 2.38 bits per heavy atom. The topological polar surface area (TPSA) is 101 Å². The van der Waals surface area contributed by atoms with Crippen LogP contribution in [-0.2, 0) is 14.8 Å². The Morgan fingerprint density at radius 2 is 1.86 bits per heavy atom. The maximum Gasteiger partial charge on any atom is 0.241 e. The van der Waals surface area contributed by atoms with Crippen LogP contribution in [0.15, 0.2) is 17.0 Å². The molecule has 0 saturated heterocycles. The highest BCUT2D eigenvalue weighted by molar-refractivity contribution is 7.89. The molecule has 0 unspecified atom stereocenters. The lowest BCUT2D eigenvalue weighted by molar-refractivity contribution is -0.128. The molecule has 0 spiro atoms. The molecule has 4 N–H and O–H groups in total. The number of sulfonamides is 1. The number of aryl methyl sites for hydroxylation is 1. The van der Waals surface area contributed by atoms with Crippen LogP contribution in [0.1, 0.15) is 25.0 Å². The number of nitrogen functional groups attached to an aromatic ring is 1. The first kappa shape index (κ1) is 17.5. The van der Waals surface area contributed by atoms with Gasteiger partial charge in [0.25, 0.3) is 0 Å². The number of hydrogen-bond acceptors (Lipinski definition) is 4. The van der Waals surface area contributed by atoms with Gasteiger partial charge in [-0.05, 0) is 44.9 Å². The molecule has 0 saturated carbocycles. The van der Waals surface area contributed by atoms with Crippen molar-refractivity contribution in [2.24, 2.45) is 5.41 Å². The predicted molar refractivity (Wildman–Crippen MR) is 83.4 cm³/mol. The molecule has 0 aliphatic rings. The molecule has 1 aromatic carbocycles. The Morgan fingerprint density at radius 1 is 1.29 bits per heavy atom. The monoisotopic (exact) mass is 313 g/mol. The summed E-state index contributed by atoms with van der Waals surface area (Å²) in [6.45, 7) is 6.73. The molecular formula is C14H23N3O3S. The first-order valence-corrected chi connectivity index (χ1v) is 8.09. The van der Waals surface area contributed by atoms with E-state index in [1.54, 1.807) is 39.8 Å². The van der Waals surface area contributed by atoms with Gasteiger partial charge in [0.2, 0.25) is 15.9 Å². The van der Waals surface area contributed by atoms with Gasteiger partial charge in [-0.15, -0.1) is 0 Å². The van der Waals surface area contributed by atoms with Crippen LogP contribution in [0.25, 0.3) is 0 Å². The van der Waals surface area contributed by atoms with Crippen LogP contribution < -0.4 is 15.8 Å². The van der Waals surface area contributed by atoms with E-state index in [1.165, 1.54) is 7.05 Å². The van der Waals surface area contributed by atoms with Crippen molar-refractivity contribution in [3.8, 4) is 0 Å². The fraction of sp³-hybridized carbons (Fsp3) is 0.500. The molecule has 1 rings (SSSR count). The SMILES string of the molecule is CNC(=O)C(C)(C)CNS(=O)(=O)c1c(C)ccc(N)c1C. The van der Waals surface area contributed by atoms with Crippen molar-refractivity contribution in [1.82, 2.24) is 10.0 Å². The maximum atomic E-state index is 12.5. The number of anilines is 1. The molecule has 0 aromatic heterocycles. The number of hydrogen-bond donors (Lipinski definition) is 3. The van der Waals surface area contributed by atoms with Gasteiger partial charge in [0.15, 0.2) is 0 Å². The van der Waals surface area contributed by atoms with Gasteiger partial charge in [-0.25, -0.2) is 13.1 Å². The lowest BCUT2D eigenvalue weighted by atomic mass is 9.93. The summed E-state index contributed by atoms with van der Waals surface area (Å²) < 4.78 is 27.5. The summed E-state index contributed by atoms with van der Waals surface area (Å²) in [6, 6.07) is 3.35. The van der Waals surface area contributed by atoms with Crippen LogP contribution >= 0.6 is 0 Å². The fourth-order valence-electron chi connectivity index (χ4n) is 2.02. The summed E-state index contributed by atoms with van der Waals surface area (Å²) in [7, 11) is -2.21. The Balaban J connectivity index is 3.10. The van der Waals surface area contributed by atoms with Crippen LogP contribution in [0.5, 0.6) is 0 Å². The number of nitrogens with two attached hydrogens (primary N) is 1. The summed E-state index contributed by atoms with van der Waals surface area (Å²) in [5, 5.41) is 2.52. The van der Waals surface area contributed by atoms with Crippen LogP contribution in [0.3, 0.4) is 0 Å². The molecule has 0 aliphatic carbocycles. The molecule has 1 aromatic rings. The average molecular weight is 313 g/mol. The molecule has 118 valence electrons. The predicted octanol–water partition coefficient (Wildman–Crippen LogP) is 0.936. The second-order valence-corrected chi connectivity index (χ2v) is 7.42. The highest BCUT2D eigenvalue weighted by atomic mass is 32.2. The zero-order chi connectivity index (χ0) is 16.4. The number of benzene rings is 1. The second kappa shape index (κ2) is 6.03. The molecule has 1 amide bonds. The first-order chi connectivity index (χ1) is 9.53. The minimum Gasteiger partial charge on any atom is -0.398 e. The lowest BCUT2D eigenvalue weighted by Crippen LogP contribution is -2.43. The summed E-state index contributed by atoms with van der Waals surface area (Å²) in [5.74, 6) is -0.230. The second-order valence-electron chi connectivity index (χ2n) is 5.71. The molecule has 0 heterocycles. The van der Waals surface area contributed by atoms with Gasteiger partial charge in [0, 0.05) is 19.3 Å². The molecule has 21 heavy (non-hydrogen) atoms. The smallest absolute Gasteiger partial charge is 0.241 e. The Labute approximate surface area is 126 Å². The normalized spacial score (nSPS) is 12.2. The number of nitrogens with one attached hydrogen (secondary N) is 2. The van der Waals surface area contributed by atoms with E-state index in [0.29, 0.717) is 16.8 Å². The van der Waals surface area contributed by atoms with Crippen molar-refractivity contribution in [2.45, 2.75) is 32.6 Å². The van der Waals surface area contributed by atoms with Crippen molar-refractivity contribution in [3.05, 3.63) is 23.3 Å². The highest BCUT2D eigenvalue weighted by Gasteiger charge is 2.30. The van der Waals surface area contributed by atoms with E-state index >= 15 is 0 Å². The number of rotatable bonds is 5. The van der Waals surface area contributed by atoms with Gasteiger partial charge in [0.05, 0.1) is 10.3 Å². The minimum atomic E-state index is -3.73. The van der Waals surface area contributed by atoms with Gasteiger partial charge in [-0.1, -0.05) is 6.07 Å². The third-order valence-electron chi connectivity index (χ3n) is 3.46. The van der Waals surface area contributed by atoms with Gasteiger partial charge in [-0.2, -0.15) is 0 Å². The van der Waals surface area contributed by atoms with Crippen LogP contribution in [0.2, 0.25) is 0 Å².